The SMILES string of the molecule is CC(=O)c1cccc(OCC(=O)NCc2ccc(N3CCCC3)nc2)c1. The van der Waals surface area contributed by atoms with E-state index in [-0.39, 0.29) is 18.3 Å². The van der Waals surface area contributed by atoms with E-state index in [1.54, 1.807) is 30.5 Å². The van der Waals surface area contributed by atoms with E-state index in [4.69, 9.17) is 4.74 Å². The van der Waals surface area contributed by atoms with Gasteiger partial charge in [0.15, 0.2) is 12.4 Å². The molecule has 136 valence electrons. The lowest BCUT2D eigenvalue weighted by Gasteiger charge is -2.16. The maximum atomic E-state index is 12.0. The Morgan fingerprint density at radius 1 is 1.19 bits per heavy atom. The number of anilines is 1. The maximum Gasteiger partial charge on any atom is 0.258 e. The van der Waals surface area contributed by atoms with Crippen molar-refractivity contribution in [3.63, 3.8) is 0 Å². The summed E-state index contributed by atoms with van der Waals surface area (Å²) in [6.45, 7) is 3.93. The van der Waals surface area contributed by atoms with Crippen molar-refractivity contribution in [3.8, 4) is 5.75 Å². The molecule has 6 heteroatoms. The lowest BCUT2D eigenvalue weighted by molar-refractivity contribution is -0.123. The summed E-state index contributed by atoms with van der Waals surface area (Å²) in [6, 6.07) is 10.8. The van der Waals surface area contributed by atoms with E-state index in [0.717, 1.165) is 24.5 Å². The zero-order chi connectivity index (χ0) is 18.4. The van der Waals surface area contributed by atoms with Gasteiger partial charge in [0.05, 0.1) is 0 Å². The van der Waals surface area contributed by atoms with Crippen LogP contribution in [0, 0.1) is 0 Å². The molecule has 6 nitrogen and oxygen atoms in total. The number of nitrogens with one attached hydrogen (secondary N) is 1. The highest BCUT2D eigenvalue weighted by molar-refractivity contribution is 5.94. The fraction of sp³-hybridized carbons (Fsp3) is 0.350. The first-order valence-electron chi connectivity index (χ1n) is 8.82. The number of carbonyl (C=O) groups excluding carboxylic acids is 2. The third kappa shape index (κ3) is 4.81. The van der Waals surface area contributed by atoms with Crippen molar-refractivity contribution in [2.45, 2.75) is 26.3 Å². The molecule has 0 unspecified atom stereocenters. The van der Waals surface area contributed by atoms with Crippen LogP contribution in [0.5, 0.6) is 5.75 Å². The molecule has 0 saturated carbocycles. The smallest absolute Gasteiger partial charge is 0.258 e. The fourth-order valence-electron chi connectivity index (χ4n) is 2.86. The Labute approximate surface area is 153 Å². The van der Waals surface area contributed by atoms with Crippen molar-refractivity contribution in [1.82, 2.24) is 10.3 Å². The van der Waals surface area contributed by atoms with Gasteiger partial charge in [-0.2, -0.15) is 0 Å². The van der Waals surface area contributed by atoms with Gasteiger partial charge < -0.3 is 15.0 Å². The molecule has 2 heterocycles. The molecule has 1 fully saturated rings. The third-order valence-electron chi connectivity index (χ3n) is 4.34. The topological polar surface area (TPSA) is 71.5 Å². The van der Waals surface area contributed by atoms with Crippen LogP contribution in [-0.2, 0) is 11.3 Å². The number of hydrogen-bond acceptors (Lipinski definition) is 5. The molecular weight excluding hydrogens is 330 g/mol. The van der Waals surface area contributed by atoms with Crippen molar-refractivity contribution < 1.29 is 14.3 Å². The van der Waals surface area contributed by atoms with Gasteiger partial charge in [0.2, 0.25) is 0 Å². The van der Waals surface area contributed by atoms with Gasteiger partial charge in [-0.25, -0.2) is 4.98 Å². The Kier molecular flexibility index (Phi) is 5.84. The second-order valence-corrected chi connectivity index (χ2v) is 6.37. The van der Waals surface area contributed by atoms with Gasteiger partial charge in [-0.3, -0.25) is 9.59 Å². The van der Waals surface area contributed by atoms with Crippen LogP contribution in [-0.4, -0.2) is 36.4 Å². The van der Waals surface area contributed by atoms with Crippen molar-refractivity contribution in [2.24, 2.45) is 0 Å². The predicted molar refractivity (Wildman–Crippen MR) is 99.5 cm³/mol. The molecule has 26 heavy (non-hydrogen) atoms. The number of carbonyl (C=O) groups is 2. The summed E-state index contributed by atoms with van der Waals surface area (Å²) in [5, 5.41) is 2.81. The van der Waals surface area contributed by atoms with Gasteiger partial charge in [0.25, 0.3) is 5.91 Å². The summed E-state index contributed by atoms with van der Waals surface area (Å²) in [7, 11) is 0. The van der Waals surface area contributed by atoms with Crippen molar-refractivity contribution in [2.75, 3.05) is 24.6 Å². The summed E-state index contributed by atoms with van der Waals surface area (Å²) in [4.78, 5) is 30.1. The van der Waals surface area contributed by atoms with E-state index in [1.165, 1.54) is 19.8 Å². The lowest BCUT2D eigenvalue weighted by Crippen LogP contribution is -2.28. The molecule has 1 amide bonds. The minimum Gasteiger partial charge on any atom is -0.484 e. The molecule has 1 aromatic carbocycles. The Hall–Kier alpha value is -2.89. The van der Waals surface area contributed by atoms with Gasteiger partial charge >= 0.3 is 0 Å². The average molecular weight is 353 g/mol. The quantitative estimate of drug-likeness (QED) is 0.775. The van der Waals surface area contributed by atoms with Crippen LogP contribution in [0.15, 0.2) is 42.6 Å². The second kappa shape index (κ2) is 8.47. The number of benzene rings is 1. The highest BCUT2D eigenvalue weighted by Crippen LogP contribution is 2.17. The van der Waals surface area contributed by atoms with Crippen LogP contribution in [0.1, 0.15) is 35.7 Å². The lowest BCUT2D eigenvalue weighted by atomic mass is 10.1. The number of nitrogens with zero attached hydrogens (tertiary/aromatic N) is 2. The van der Waals surface area contributed by atoms with Crippen molar-refractivity contribution in [1.29, 1.82) is 0 Å². The molecule has 0 radical (unpaired) electrons. The minimum atomic E-state index is -0.221. The standard InChI is InChI=1S/C20H23N3O3/c1-15(24)17-5-4-6-18(11-17)26-14-20(25)22-13-16-7-8-19(21-12-16)23-9-2-3-10-23/h4-8,11-12H,2-3,9-10,13-14H2,1H3,(H,22,25). The van der Waals surface area contributed by atoms with Crippen molar-refractivity contribution in [3.05, 3.63) is 53.7 Å². The summed E-state index contributed by atoms with van der Waals surface area (Å²) < 4.78 is 5.45. The van der Waals surface area contributed by atoms with Gasteiger partial charge in [0.1, 0.15) is 11.6 Å². The first-order valence-corrected chi connectivity index (χ1v) is 8.82. The molecule has 1 saturated heterocycles. The summed E-state index contributed by atoms with van der Waals surface area (Å²) in [5.74, 6) is 1.24. The van der Waals surface area contributed by atoms with E-state index in [1.807, 2.05) is 12.1 Å². The van der Waals surface area contributed by atoms with Crippen LogP contribution < -0.4 is 15.0 Å². The number of Topliss-reactive ketones (excluding diaryl/α,β-unsaturated/α-hetero) is 1. The van der Waals surface area contributed by atoms with Crippen LogP contribution in [0.25, 0.3) is 0 Å². The number of amides is 1. The normalized spacial score (nSPS) is 13.5. The number of ether oxygens (including phenoxy) is 1. The van der Waals surface area contributed by atoms with Gasteiger partial charge in [0, 0.05) is 31.4 Å². The highest BCUT2D eigenvalue weighted by Gasteiger charge is 2.13. The Morgan fingerprint density at radius 3 is 2.69 bits per heavy atom. The molecule has 1 aliphatic heterocycles. The van der Waals surface area contributed by atoms with Crippen molar-refractivity contribution >= 4 is 17.5 Å². The number of rotatable bonds is 7. The van der Waals surface area contributed by atoms with E-state index in [9.17, 15) is 9.59 Å². The average Bonchev–Trinajstić information content (AvgIpc) is 3.20. The number of hydrogen-bond donors (Lipinski definition) is 1. The highest BCUT2D eigenvalue weighted by atomic mass is 16.5. The predicted octanol–water partition coefficient (Wildman–Crippen LogP) is 2.58. The molecule has 1 N–H and O–H groups in total. The van der Waals surface area contributed by atoms with Crippen LogP contribution in [0.4, 0.5) is 5.82 Å². The Bertz CT molecular complexity index is 768. The third-order valence-corrected chi connectivity index (χ3v) is 4.34. The molecular formula is C20H23N3O3. The first-order chi connectivity index (χ1) is 12.6. The first kappa shape index (κ1) is 17.9. The van der Waals surface area contributed by atoms with Gasteiger partial charge in [-0.05, 0) is 43.5 Å². The minimum absolute atomic E-state index is 0.0372. The number of pyridine rings is 1. The molecule has 1 aliphatic rings. The zero-order valence-corrected chi connectivity index (χ0v) is 14.9. The molecule has 0 aliphatic carbocycles. The van der Waals surface area contributed by atoms with E-state index >= 15 is 0 Å². The monoisotopic (exact) mass is 353 g/mol. The van der Waals surface area contributed by atoms with E-state index < -0.39 is 0 Å². The summed E-state index contributed by atoms with van der Waals surface area (Å²) in [6.07, 6.45) is 4.23. The zero-order valence-electron chi connectivity index (χ0n) is 14.9. The van der Waals surface area contributed by atoms with Crippen LogP contribution in [0.2, 0.25) is 0 Å². The molecule has 0 atom stereocenters. The maximum absolute atomic E-state index is 12.0. The second-order valence-electron chi connectivity index (χ2n) is 6.37. The fourth-order valence-corrected chi connectivity index (χ4v) is 2.86. The van der Waals surface area contributed by atoms with Crippen LogP contribution >= 0.6 is 0 Å². The summed E-state index contributed by atoms with van der Waals surface area (Å²) in [5.41, 5.74) is 1.51. The number of aromatic nitrogens is 1. The number of ketones is 1. The van der Waals surface area contributed by atoms with E-state index in [2.05, 4.69) is 15.2 Å². The molecule has 0 bridgehead atoms. The molecule has 3 rings (SSSR count). The van der Waals surface area contributed by atoms with Gasteiger partial charge in [-0.1, -0.05) is 18.2 Å². The van der Waals surface area contributed by atoms with E-state index in [0.29, 0.717) is 17.9 Å². The van der Waals surface area contributed by atoms with Gasteiger partial charge in [-0.15, -0.1) is 0 Å². The Balaban J connectivity index is 1.45. The molecule has 1 aromatic heterocycles. The largest absolute Gasteiger partial charge is 0.484 e. The molecule has 2 aromatic rings. The van der Waals surface area contributed by atoms with Crippen LogP contribution in [0.3, 0.4) is 0 Å². The Morgan fingerprint density at radius 2 is 2.00 bits per heavy atom. The molecule has 0 spiro atoms. The summed E-state index contributed by atoms with van der Waals surface area (Å²) >= 11 is 0.